The molecule has 1 aliphatic carbocycles. The number of rotatable bonds is 11. The maximum Gasteiger partial charge on any atom is 0.326 e. The number of carbonyl (C=O) groups is 2. The van der Waals surface area contributed by atoms with Gasteiger partial charge in [0.05, 0.1) is 20.6 Å². The van der Waals surface area contributed by atoms with Crippen LogP contribution in [0.1, 0.15) is 48.0 Å². The molecule has 1 atom stereocenters. The van der Waals surface area contributed by atoms with Crippen molar-refractivity contribution in [3.8, 4) is 0 Å². The zero-order valence-electron chi connectivity index (χ0n) is 19.7. The fraction of sp³-hybridized carbons (Fsp3) is 0.400. The van der Waals surface area contributed by atoms with E-state index in [0.717, 1.165) is 24.8 Å². The lowest BCUT2D eigenvalue weighted by molar-refractivity contribution is -0.139. The fourth-order valence-corrected chi connectivity index (χ4v) is 5.93. The summed E-state index contributed by atoms with van der Waals surface area (Å²) in [7, 11) is -3.06. The van der Waals surface area contributed by atoms with Gasteiger partial charge in [-0.1, -0.05) is 60.0 Å². The number of sulfone groups is 1. The van der Waals surface area contributed by atoms with Crippen molar-refractivity contribution in [1.82, 2.24) is 5.32 Å². The van der Waals surface area contributed by atoms with Gasteiger partial charge in [-0.15, -0.1) is 0 Å². The number of benzene rings is 2. The molecule has 194 valence electrons. The lowest BCUT2D eigenvalue weighted by atomic mass is 9.66. The smallest absolute Gasteiger partial charge is 0.326 e. The summed E-state index contributed by atoms with van der Waals surface area (Å²) < 4.78 is 23.0. The fourth-order valence-electron chi connectivity index (χ4n) is 4.25. The van der Waals surface area contributed by atoms with Crippen LogP contribution in [-0.4, -0.2) is 48.4 Å². The summed E-state index contributed by atoms with van der Waals surface area (Å²) in [5.41, 5.74) is 1.08. The van der Waals surface area contributed by atoms with Gasteiger partial charge in [0.25, 0.3) is 5.91 Å². The summed E-state index contributed by atoms with van der Waals surface area (Å²) in [5.74, 6) is -1.39. The van der Waals surface area contributed by atoms with Crippen molar-refractivity contribution in [2.24, 2.45) is 5.41 Å². The molecule has 1 aliphatic rings. The largest absolute Gasteiger partial charge is 0.480 e. The van der Waals surface area contributed by atoms with E-state index in [1.807, 2.05) is 0 Å². The Labute approximate surface area is 226 Å². The minimum absolute atomic E-state index is 0.0886. The molecule has 3 rings (SSSR count). The van der Waals surface area contributed by atoms with E-state index in [0.29, 0.717) is 23.5 Å². The van der Waals surface area contributed by atoms with E-state index in [9.17, 15) is 23.1 Å². The third-order valence-electron chi connectivity index (χ3n) is 6.41. The van der Waals surface area contributed by atoms with Crippen LogP contribution in [0.25, 0.3) is 0 Å². The van der Waals surface area contributed by atoms with Crippen molar-refractivity contribution in [3.05, 3.63) is 63.6 Å². The van der Waals surface area contributed by atoms with E-state index in [1.54, 1.807) is 42.5 Å². The van der Waals surface area contributed by atoms with E-state index >= 15 is 0 Å². The van der Waals surface area contributed by atoms with Crippen LogP contribution in [-0.2, 0) is 21.1 Å². The van der Waals surface area contributed by atoms with Crippen LogP contribution < -0.4 is 10.6 Å². The number of anilines is 1. The van der Waals surface area contributed by atoms with Gasteiger partial charge in [0, 0.05) is 29.5 Å². The first kappa shape index (κ1) is 28.4. The number of carboxylic acids is 1. The van der Waals surface area contributed by atoms with E-state index in [4.69, 9.17) is 35.4 Å². The van der Waals surface area contributed by atoms with Crippen LogP contribution >= 0.6 is 35.4 Å². The van der Waals surface area contributed by atoms with Crippen molar-refractivity contribution < 1.29 is 23.1 Å². The number of aliphatic carboxylic acids is 1. The molecule has 0 bridgehead atoms. The van der Waals surface area contributed by atoms with Gasteiger partial charge in [0.1, 0.15) is 15.9 Å². The topological polar surface area (TPSA) is 113 Å². The van der Waals surface area contributed by atoms with E-state index < -0.39 is 27.8 Å². The van der Waals surface area contributed by atoms with Crippen molar-refractivity contribution in [3.63, 3.8) is 0 Å². The summed E-state index contributed by atoms with van der Waals surface area (Å²) >= 11 is 17.8. The number of hydrogen-bond donors (Lipinski definition) is 3. The first-order valence-electron chi connectivity index (χ1n) is 11.5. The Morgan fingerprint density at radius 3 is 2.22 bits per heavy atom. The highest BCUT2D eigenvalue weighted by Crippen LogP contribution is 2.46. The summed E-state index contributed by atoms with van der Waals surface area (Å²) in [5, 5.41) is 16.0. The zero-order valence-corrected chi connectivity index (χ0v) is 22.9. The number of amides is 1. The average Bonchev–Trinajstić information content (AvgIpc) is 2.75. The lowest BCUT2D eigenvalue weighted by Crippen LogP contribution is -2.51. The molecule has 0 aromatic heterocycles. The Morgan fingerprint density at radius 1 is 1.11 bits per heavy atom. The molecule has 1 saturated carbocycles. The number of halogens is 2. The van der Waals surface area contributed by atoms with Gasteiger partial charge in [-0.05, 0) is 55.5 Å². The molecular weight excluding hydrogens is 543 g/mol. The van der Waals surface area contributed by atoms with Crippen LogP contribution in [0.5, 0.6) is 0 Å². The Bertz CT molecular complexity index is 1230. The molecule has 1 amide bonds. The van der Waals surface area contributed by atoms with Gasteiger partial charge in [-0.25, -0.2) is 13.2 Å². The van der Waals surface area contributed by atoms with Gasteiger partial charge in [-0.3, -0.25) is 4.79 Å². The standard InChI is InChI=1S/C25H28Cl2N2O5S2/c1-36(33,34)14-4-13-25(11-3-12-25)24(35)29-20(23(31)32)15-16-7-9-17(10-8-16)28-22(30)21-18(26)5-2-6-19(21)27/h2,5-10,20H,3-4,11-15H2,1H3,(H,28,30)(H,29,35)(H,31,32). The summed E-state index contributed by atoms with van der Waals surface area (Å²) in [6, 6.07) is 10.7. The Morgan fingerprint density at radius 2 is 1.72 bits per heavy atom. The van der Waals surface area contributed by atoms with Crippen molar-refractivity contribution in [1.29, 1.82) is 0 Å². The van der Waals surface area contributed by atoms with Gasteiger partial charge < -0.3 is 15.7 Å². The van der Waals surface area contributed by atoms with Crippen LogP contribution in [0.4, 0.5) is 5.69 Å². The quantitative estimate of drug-likeness (QED) is 0.320. The molecule has 1 fully saturated rings. The van der Waals surface area contributed by atoms with Crippen LogP contribution in [0.3, 0.4) is 0 Å². The molecule has 3 N–H and O–H groups in total. The van der Waals surface area contributed by atoms with Gasteiger partial charge in [0.15, 0.2) is 0 Å². The lowest BCUT2D eigenvalue weighted by Gasteiger charge is -2.43. The highest BCUT2D eigenvalue weighted by molar-refractivity contribution is 7.90. The molecule has 36 heavy (non-hydrogen) atoms. The Kier molecular flexibility index (Phi) is 9.38. The molecular formula is C25H28Cl2N2O5S2. The maximum atomic E-state index is 12.6. The summed E-state index contributed by atoms with van der Waals surface area (Å²) in [4.78, 5) is 25.0. The summed E-state index contributed by atoms with van der Waals surface area (Å²) in [6.07, 6.45) is 5.11. The minimum atomic E-state index is -3.06. The summed E-state index contributed by atoms with van der Waals surface area (Å²) in [6.45, 7) is 0. The predicted molar refractivity (Wildman–Crippen MR) is 147 cm³/mol. The molecule has 0 heterocycles. The van der Waals surface area contributed by atoms with Crippen LogP contribution in [0.15, 0.2) is 42.5 Å². The molecule has 0 saturated heterocycles. The van der Waals surface area contributed by atoms with Crippen molar-refractivity contribution in [2.45, 2.75) is 44.6 Å². The molecule has 2 aromatic rings. The van der Waals surface area contributed by atoms with Gasteiger partial charge >= 0.3 is 5.97 Å². The highest BCUT2D eigenvalue weighted by atomic mass is 35.5. The average molecular weight is 572 g/mol. The predicted octanol–water partition coefficient (Wildman–Crippen LogP) is 5.15. The number of nitrogens with one attached hydrogen (secondary N) is 2. The van der Waals surface area contributed by atoms with Gasteiger partial charge in [-0.2, -0.15) is 0 Å². The number of carboxylic acid groups (broad SMARTS) is 1. The first-order valence-corrected chi connectivity index (χ1v) is 14.7. The molecule has 11 heteroatoms. The molecule has 0 aliphatic heterocycles. The number of thiocarbonyl (C=S) groups is 1. The normalized spacial score (nSPS) is 15.4. The maximum absolute atomic E-state index is 12.6. The second-order valence-electron chi connectivity index (χ2n) is 9.18. The first-order chi connectivity index (χ1) is 16.9. The SMILES string of the molecule is CS(=O)(=O)CCCC1(C(=S)NC(Cc2ccc(NC(=O)c3c(Cl)cccc3Cl)cc2)C(=O)O)CCC1. The highest BCUT2D eigenvalue weighted by Gasteiger charge is 2.41. The third-order valence-corrected chi connectivity index (χ3v) is 8.62. The Balaban J connectivity index is 1.62. The zero-order chi connectivity index (χ0) is 26.5. The van der Waals surface area contributed by atoms with E-state index in [-0.39, 0.29) is 33.2 Å². The molecule has 7 nitrogen and oxygen atoms in total. The molecule has 2 aromatic carbocycles. The van der Waals surface area contributed by atoms with Crippen LogP contribution in [0.2, 0.25) is 10.0 Å². The second kappa shape index (κ2) is 11.9. The molecule has 0 spiro atoms. The number of carbonyl (C=O) groups excluding carboxylic acids is 1. The monoisotopic (exact) mass is 570 g/mol. The van der Waals surface area contributed by atoms with Crippen molar-refractivity contribution >= 4 is 67.8 Å². The Hall–Kier alpha value is -2.20. The number of hydrogen-bond acceptors (Lipinski definition) is 5. The van der Waals surface area contributed by atoms with E-state index in [2.05, 4.69) is 10.6 Å². The minimum Gasteiger partial charge on any atom is -0.480 e. The third kappa shape index (κ3) is 7.41. The van der Waals surface area contributed by atoms with E-state index in [1.165, 1.54) is 6.26 Å². The second-order valence-corrected chi connectivity index (χ2v) is 12.7. The van der Waals surface area contributed by atoms with Crippen molar-refractivity contribution in [2.75, 3.05) is 17.3 Å². The molecule has 0 radical (unpaired) electrons. The van der Waals surface area contributed by atoms with Crippen LogP contribution in [0, 0.1) is 5.41 Å². The molecule has 1 unspecified atom stereocenters. The van der Waals surface area contributed by atoms with Gasteiger partial charge in [0.2, 0.25) is 0 Å².